The van der Waals surface area contributed by atoms with Crippen LogP contribution in [0.3, 0.4) is 0 Å². The third-order valence-electron chi connectivity index (χ3n) is 7.42. The molecule has 0 unspecified atom stereocenters. The maximum atomic E-state index is 13.8. The van der Waals surface area contributed by atoms with Crippen molar-refractivity contribution in [3.8, 4) is 17.6 Å². The fraction of sp³-hybridized carbons (Fsp3) is 0.379. The first-order valence-electron chi connectivity index (χ1n) is 12.6. The molecule has 2 N–H and O–H groups in total. The second-order valence-electron chi connectivity index (χ2n) is 9.68. The number of ether oxygens (including phenoxy) is 1. The first kappa shape index (κ1) is 28.3. The zero-order valence-corrected chi connectivity index (χ0v) is 21.5. The largest absolute Gasteiger partial charge is 0.497 e. The molecule has 1 aliphatic rings. The van der Waals surface area contributed by atoms with E-state index in [4.69, 9.17) is 4.74 Å². The number of fused-ring (bicyclic) bond motifs is 1. The predicted octanol–water partition coefficient (Wildman–Crippen LogP) is 5.09. The zero-order chi connectivity index (χ0) is 28.0. The molecule has 1 amide bonds. The first-order chi connectivity index (χ1) is 18.8. The molecule has 1 aliphatic heterocycles. The Morgan fingerprint density at radius 1 is 1.21 bits per heavy atom. The van der Waals surface area contributed by atoms with Crippen LogP contribution in [-0.4, -0.2) is 47.7 Å². The Kier molecular flexibility index (Phi) is 9.04. The third kappa shape index (κ3) is 6.32. The molecule has 3 aromatic rings. The molecule has 39 heavy (non-hydrogen) atoms. The van der Waals surface area contributed by atoms with E-state index >= 15 is 0 Å². The molecule has 0 saturated carbocycles. The number of benzene rings is 2. The number of carbonyl (C=O) groups excluding carboxylic acids is 1. The topological polar surface area (TPSA) is 74.7 Å². The maximum Gasteiger partial charge on any atom is 0.249 e. The van der Waals surface area contributed by atoms with E-state index in [0.29, 0.717) is 62.6 Å². The van der Waals surface area contributed by atoms with Gasteiger partial charge >= 0.3 is 0 Å². The van der Waals surface area contributed by atoms with Gasteiger partial charge in [-0.2, -0.15) is 0 Å². The molecule has 4 rings (SSSR count). The summed E-state index contributed by atoms with van der Waals surface area (Å²) in [6.45, 7) is 0.513. The summed E-state index contributed by atoms with van der Waals surface area (Å²) in [4.78, 5) is 19.0. The van der Waals surface area contributed by atoms with Crippen molar-refractivity contribution in [3.63, 3.8) is 0 Å². The van der Waals surface area contributed by atoms with E-state index in [1.165, 1.54) is 6.20 Å². The number of nitrogens with zero attached hydrogens (tertiary/aromatic N) is 2. The SMILES string of the molecule is COc1ccc2ncc(CF)c(CCCC3(C(=O)NO)CCN(CC#Cc4cc(F)cc(F)c4F)CC3)c2c1. The van der Waals surface area contributed by atoms with E-state index in [2.05, 4.69) is 16.8 Å². The number of hydrogen-bond donors (Lipinski definition) is 2. The summed E-state index contributed by atoms with van der Waals surface area (Å²) >= 11 is 0. The van der Waals surface area contributed by atoms with Gasteiger partial charge in [-0.3, -0.25) is 19.9 Å². The molecule has 0 radical (unpaired) electrons. The van der Waals surface area contributed by atoms with Crippen LogP contribution in [0.2, 0.25) is 0 Å². The van der Waals surface area contributed by atoms with Crippen LogP contribution in [0, 0.1) is 34.7 Å². The monoisotopic (exact) mass is 543 g/mol. The smallest absolute Gasteiger partial charge is 0.249 e. The van der Waals surface area contributed by atoms with Gasteiger partial charge in [0, 0.05) is 36.3 Å². The highest BCUT2D eigenvalue weighted by Gasteiger charge is 2.40. The molecule has 1 saturated heterocycles. The van der Waals surface area contributed by atoms with Gasteiger partial charge in [0.1, 0.15) is 18.2 Å². The van der Waals surface area contributed by atoms with E-state index < -0.39 is 35.4 Å². The van der Waals surface area contributed by atoms with Crippen molar-refractivity contribution < 1.29 is 32.3 Å². The van der Waals surface area contributed by atoms with Crippen LogP contribution in [0.15, 0.2) is 36.5 Å². The van der Waals surface area contributed by atoms with Crippen molar-refractivity contribution in [2.24, 2.45) is 5.41 Å². The van der Waals surface area contributed by atoms with E-state index in [1.807, 2.05) is 17.0 Å². The standard InChI is InChI=1S/C29H29F4N3O3/c1-39-22-6-7-26-24(16-22)23(20(17-30)18-34-26)5-2-8-29(28(37)35-38)9-12-36(13-10-29)11-3-4-19-14-21(31)15-25(32)27(19)33/h6-7,14-16,18,38H,2,5,8-13,17H2,1H3,(H,35,37). The Balaban J connectivity index is 1.43. The van der Waals surface area contributed by atoms with Crippen LogP contribution < -0.4 is 10.2 Å². The van der Waals surface area contributed by atoms with Gasteiger partial charge in [-0.25, -0.2) is 23.0 Å². The number of alkyl halides is 1. The molecule has 10 heteroatoms. The summed E-state index contributed by atoms with van der Waals surface area (Å²) in [5, 5.41) is 10.2. The van der Waals surface area contributed by atoms with Gasteiger partial charge in [0.25, 0.3) is 0 Å². The van der Waals surface area contributed by atoms with Crippen molar-refractivity contribution in [2.45, 2.75) is 38.8 Å². The average Bonchev–Trinajstić information content (AvgIpc) is 2.95. The number of carbonyl (C=O) groups is 1. The lowest BCUT2D eigenvalue weighted by Gasteiger charge is -2.39. The van der Waals surface area contributed by atoms with E-state index in [-0.39, 0.29) is 12.1 Å². The molecule has 6 nitrogen and oxygen atoms in total. The van der Waals surface area contributed by atoms with Gasteiger partial charge in [0.15, 0.2) is 11.6 Å². The third-order valence-corrected chi connectivity index (χ3v) is 7.42. The second kappa shape index (κ2) is 12.5. The van der Waals surface area contributed by atoms with Gasteiger partial charge in [-0.15, -0.1) is 0 Å². The van der Waals surface area contributed by atoms with Crippen LogP contribution in [0.1, 0.15) is 42.4 Å². The highest BCUT2D eigenvalue weighted by Crippen LogP contribution is 2.38. The molecular formula is C29H29F4N3O3. The molecular weight excluding hydrogens is 514 g/mol. The fourth-order valence-corrected chi connectivity index (χ4v) is 5.15. The van der Waals surface area contributed by atoms with Crippen LogP contribution >= 0.6 is 0 Å². The zero-order valence-electron chi connectivity index (χ0n) is 21.5. The Morgan fingerprint density at radius 3 is 2.67 bits per heavy atom. The van der Waals surface area contributed by atoms with Gasteiger partial charge in [-0.1, -0.05) is 11.8 Å². The number of pyridine rings is 1. The minimum absolute atomic E-state index is 0.221. The van der Waals surface area contributed by atoms with Crippen LogP contribution in [0.5, 0.6) is 5.75 Å². The van der Waals surface area contributed by atoms with Gasteiger partial charge in [-0.05, 0) is 61.9 Å². The Morgan fingerprint density at radius 2 is 1.97 bits per heavy atom. The van der Waals surface area contributed by atoms with Gasteiger partial charge in [0.05, 0.1) is 30.1 Å². The molecule has 0 atom stereocenters. The number of halogens is 4. The number of aryl methyl sites for hydroxylation is 1. The number of hydroxylamine groups is 1. The van der Waals surface area contributed by atoms with E-state index in [9.17, 15) is 27.6 Å². The molecule has 2 heterocycles. The van der Waals surface area contributed by atoms with Crippen molar-refractivity contribution in [1.29, 1.82) is 0 Å². The molecule has 1 fully saturated rings. The maximum absolute atomic E-state index is 13.8. The Hall–Kier alpha value is -3.68. The number of amides is 1. The highest BCUT2D eigenvalue weighted by atomic mass is 19.2. The van der Waals surface area contributed by atoms with E-state index in [1.54, 1.807) is 18.7 Å². The summed E-state index contributed by atoms with van der Waals surface area (Å²) in [5.74, 6) is 1.97. The number of methoxy groups -OCH3 is 1. The summed E-state index contributed by atoms with van der Waals surface area (Å²) in [7, 11) is 1.56. The van der Waals surface area contributed by atoms with E-state index in [0.717, 1.165) is 22.5 Å². The molecule has 1 aromatic heterocycles. The molecule has 0 bridgehead atoms. The average molecular weight is 544 g/mol. The van der Waals surface area contributed by atoms with Crippen LogP contribution in [0.4, 0.5) is 17.6 Å². The van der Waals surface area contributed by atoms with Crippen LogP contribution in [-0.2, 0) is 17.9 Å². The van der Waals surface area contributed by atoms with Crippen molar-refractivity contribution in [1.82, 2.24) is 15.4 Å². The molecule has 0 aliphatic carbocycles. The van der Waals surface area contributed by atoms with Crippen molar-refractivity contribution in [2.75, 3.05) is 26.7 Å². The molecule has 206 valence electrons. The minimum atomic E-state index is -1.30. The van der Waals surface area contributed by atoms with Crippen molar-refractivity contribution in [3.05, 3.63) is 70.7 Å². The van der Waals surface area contributed by atoms with Gasteiger partial charge < -0.3 is 4.74 Å². The molecule has 2 aromatic carbocycles. The summed E-state index contributed by atoms with van der Waals surface area (Å²) < 4.78 is 59.7. The minimum Gasteiger partial charge on any atom is -0.497 e. The Labute approximate surface area is 223 Å². The fourth-order valence-electron chi connectivity index (χ4n) is 5.15. The van der Waals surface area contributed by atoms with Crippen molar-refractivity contribution >= 4 is 16.8 Å². The number of nitrogens with one attached hydrogen (secondary N) is 1. The lowest BCUT2D eigenvalue weighted by Crippen LogP contribution is -2.48. The summed E-state index contributed by atoms with van der Waals surface area (Å²) in [5.41, 5.74) is 2.65. The van der Waals surface area contributed by atoms with Crippen LogP contribution in [0.25, 0.3) is 10.9 Å². The number of rotatable bonds is 8. The van der Waals surface area contributed by atoms with Gasteiger partial charge in [0.2, 0.25) is 5.91 Å². The number of hydrogen-bond acceptors (Lipinski definition) is 5. The molecule has 0 spiro atoms. The quantitative estimate of drug-likeness (QED) is 0.136. The lowest BCUT2D eigenvalue weighted by molar-refractivity contribution is -0.143. The number of likely N-dealkylation sites (tertiary alicyclic amines) is 1. The normalized spacial score (nSPS) is 15.0. The second-order valence-corrected chi connectivity index (χ2v) is 9.68. The summed E-state index contributed by atoms with van der Waals surface area (Å²) in [6, 6.07) is 6.74. The number of aromatic nitrogens is 1. The predicted molar refractivity (Wildman–Crippen MR) is 137 cm³/mol. The summed E-state index contributed by atoms with van der Waals surface area (Å²) in [6.07, 6.45) is 3.95. The lowest BCUT2D eigenvalue weighted by atomic mass is 9.73. The number of piperidine rings is 1. The highest BCUT2D eigenvalue weighted by molar-refractivity contribution is 5.84. The first-order valence-corrected chi connectivity index (χ1v) is 12.6. The Bertz CT molecular complexity index is 1410.